The van der Waals surface area contributed by atoms with Gasteiger partial charge in [-0.25, -0.2) is 4.98 Å². The topological polar surface area (TPSA) is 37.0 Å². The van der Waals surface area contributed by atoms with Crippen LogP contribution in [0, 0.1) is 5.92 Å². The molecule has 2 rings (SSSR count). The molecule has 1 aromatic heterocycles. The summed E-state index contributed by atoms with van der Waals surface area (Å²) in [7, 11) is 0. The fourth-order valence-electron chi connectivity index (χ4n) is 2.00. The van der Waals surface area contributed by atoms with Gasteiger partial charge in [0.1, 0.15) is 0 Å². The van der Waals surface area contributed by atoms with Gasteiger partial charge in [0.05, 0.1) is 5.01 Å². The molecule has 2 atom stereocenters. The summed E-state index contributed by atoms with van der Waals surface area (Å²) in [5.74, 6) is 0.817. The predicted octanol–water partition coefficient (Wildman–Crippen LogP) is 1.27. The van der Waals surface area contributed by atoms with Crippen LogP contribution < -0.4 is 10.6 Å². The molecule has 84 valence electrons. The third-order valence-corrected chi connectivity index (χ3v) is 3.90. The molecule has 2 N–H and O–H groups in total. The number of nitrogens with zero attached hydrogens (tertiary/aromatic N) is 1. The van der Waals surface area contributed by atoms with Crippen LogP contribution in [0.5, 0.6) is 0 Å². The van der Waals surface area contributed by atoms with Gasteiger partial charge in [-0.2, -0.15) is 0 Å². The van der Waals surface area contributed by atoms with Crippen LogP contribution in [-0.4, -0.2) is 30.7 Å². The van der Waals surface area contributed by atoms with Crippen molar-refractivity contribution in [2.45, 2.75) is 25.8 Å². The largest absolute Gasteiger partial charge is 0.315 e. The van der Waals surface area contributed by atoms with Gasteiger partial charge in [-0.3, -0.25) is 0 Å². The van der Waals surface area contributed by atoms with Crippen LogP contribution in [0.15, 0.2) is 11.6 Å². The Morgan fingerprint density at radius 3 is 3.27 bits per heavy atom. The van der Waals surface area contributed by atoms with Crippen molar-refractivity contribution in [1.29, 1.82) is 0 Å². The van der Waals surface area contributed by atoms with Gasteiger partial charge < -0.3 is 10.6 Å². The van der Waals surface area contributed by atoms with E-state index in [1.54, 1.807) is 11.3 Å². The maximum Gasteiger partial charge on any atom is 0.0937 e. The summed E-state index contributed by atoms with van der Waals surface area (Å²) in [4.78, 5) is 4.26. The second-order valence-electron chi connectivity index (χ2n) is 4.21. The second-order valence-corrected chi connectivity index (χ2v) is 5.19. The van der Waals surface area contributed by atoms with Crippen LogP contribution in [0.2, 0.25) is 0 Å². The molecule has 0 spiro atoms. The summed E-state index contributed by atoms with van der Waals surface area (Å²) in [6, 6.07) is 0.668. The van der Waals surface area contributed by atoms with E-state index in [1.165, 1.54) is 18.0 Å². The first-order valence-corrected chi connectivity index (χ1v) is 6.56. The van der Waals surface area contributed by atoms with Gasteiger partial charge in [0.2, 0.25) is 0 Å². The van der Waals surface area contributed by atoms with Crippen LogP contribution >= 0.6 is 11.3 Å². The lowest BCUT2D eigenvalue weighted by atomic mass is 10.0. The van der Waals surface area contributed by atoms with Gasteiger partial charge in [0.25, 0.3) is 0 Å². The van der Waals surface area contributed by atoms with Crippen molar-refractivity contribution < 1.29 is 0 Å². The number of nitrogens with one attached hydrogen (secondary N) is 2. The van der Waals surface area contributed by atoms with E-state index in [0.717, 1.165) is 25.4 Å². The highest BCUT2D eigenvalue weighted by molar-refractivity contribution is 7.09. The number of hydrogen-bond acceptors (Lipinski definition) is 4. The molecular formula is C11H19N3S. The number of thiazole rings is 1. The Balaban J connectivity index is 1.59. The molecule has 1 aliphatic heterocycles. The predicted molar refractivity (Wildman–Crippen MR) is 64.3 cm³/mol. The van der Waals surface area contributed by atoms with Gasteiger partial charge >= 0.3 is 0 Å². The lowest BCUT2D eigenvalue weighted by Gasteiger charge is -2.15. The quantitative estimate of drug-likeness (QED) is 0.741. The molecule has 1 saturated heterocycles. The van der Waals surface area contributed by atoms with E-state index in [0.29, 0.717) is 6.04 Å². The van der Waals surface area contributed by atoms with Crippen molar-refractivity contribution in [2.24, 2.45) is 5.92 Å². The van der Waals surface area contributed by atoms with E-state index in [1.807, 2.05) is 11.6 Å². The summed E-state index contributed by atoms with van der Waals surface area (Å²) in [6.45, 7) is 5.64. The zero-order valence-electron chi connectivity index (χ0n) is 9.20. The van der Waals surface area contributed by atoms with Gasteiger partial charge in [-0.1, -0.05) is 6.92 Å². The minimum Gasteiger partial charge on any atom is -0.315 e. The third-order valence-electron chi connectivity index (χ3n) is 3.06. The highest BCUT2D eigenvalue weighted by Crippen LogP contribution is 2.13. The average Bonchev–Trinajstić information content (AvgIpc) is 2.85. The molecule has 1 fully saturated rings. The van der Waals surface area contributed by atoms with Crippen molar-refractivity contribution in [2.75, 3.05) is 19.6 Å². The minimum absolute atomic E-state index is 0.668. The molecule has 2 heterocycles. The summed E-state index contributed by atoms with van der Waals surface area (Å²) in [5, 5.41) is 10.3. The van der Waals surface area contributed by atoms with Crippen molar-refractivity contribution in [3.8, 4) is 0 Å². The van der Waals surface area contributed by atoms with Crippen molar-refractivity contribution in [3.63, 3.8) is 0 Å². The van der Waals surface area contributed by atoms with Crippen LogP contribution in [-0.2, 0) is 6.42 Å². The van der Waals surface area contributed by atoms with Crippen molar-refractivity contribution in [3.05, 3.63) is 16.6 Å². The molecule has 0 aromatic carbocycles. The van der Waals surface area contributed by atoms with E-state index in [-0.39, 0.29) is 0 Å². The molecule has 0 aliphatic carbocycles. The van der Waals surface area contributed by atoms with E-state index in [4.69, 9.17) is 0 Å². The monoisotopic (exact) mass is 225 g/mol. The molecule has 1 aromatic rings. The van der Waals surface area contributed by atoms with Gasteiger partial charge in [0, 0.05) is 37.1 Å². The molecule has 1 aliphatic rings. The lowest BCUT2D eigenvalue weighted by Crippen LogP contribution is -2.37. The zero-order valence-corrected chi connectivity index (χ0v) is 10.0. The Kier molecular flexibility index (Phi) is 4.11. The van der Waals surface area contributed by atoms with Gasteiger partial charge in [-0.05, 0) is 18.9 Å². The summed E-state index contributed by atoms with van der Waals surface area (Å²) < 4.78 is 0. The Morgan fingerprint density at radius 1 is 1.67 bits per heavy atom. The number of rotatable bonds is 5. The summed E-state index contributed by atoms with van der Waals surface area (Å²) >= 11 is 1.74. The minimum atomic E-state index is 0.668. The molecule has 4 heteroatoms. The fourth-order valence-corrected chi connectivity index (χ4v) is 2.62. The maximum absolute atomic E-state index is 4.26. The SMILES string of the molecule is CC1CCNC1CNCCc1nccs1. The Bertz CT molecular complexity index is 273. The van der Waals surface area contributed by atoms with Crippen LogP contribution in [0.25, 0.3) is 0 Å². The molecule has 15 heavy (non-hydrogen) atoms. The number of aromatic nitrogens is 1. The number of hydrogen-bond donors (Lipinski definition) is 2. The van der Waals surface area contributed by atoms with Crippen LogP contribution in [0.3, 0.4) is 0 Å². The molecule has 0 saturated carbocycles. The zero-order chi connectivity index (χ0) is 10.5. The van der Waals surface area contributed by atoms with E-state index < -0.39 is 0 Å². The van der Waals surface area contributed by atoms with Crippen LogP contribution in [0.4, 0.5) is 0 Å². The molecular weight excluding hydrogens is 206 g/mol. The molecule has 2 unspecified atom stereocenters. The summed E-state index contributed by atoms with van der Waals surface area (Å²) in [6.07, 6.45) is 4.25. The second kappa shape index (κ2) is 5.58. The van der Waals surface area contributed by atoms with Gasteiger partial charge in [0.15, 0.2) is 0 Å². The molecule has 0 radical (unpaired) electrons. The maximum atomic E-state index is 4.26. The first kappa shape index (κ1) is 11.0. The third kappa shape index (κ3) is 3.26. The Hall–Kier alpha value is -0.450. The highest BCUT2D eigenvalue weighted by Gasteiger charge is 2.21. The fraction of sp³-hybridized carbons (Fsp3) is 0.727. The highest BCUT2D eigenvalue weighted by atomic mass is 32.1. The molecule has 0 bridgehead atoms. The van der Waals surface area contributed by atoms with E-state index >= 15 is 0 Å². The Morgan fingerprint density at radius 2 is 2.60 bits per heavy atom. The molecule has 0 amide bonds. The van der Waals surface area contributed by atoms with E-state index in [2.05, 4.69) is 22.5 Å². The van der Waals surface area contributed by atoms with Crippen molar-refractivity contribution in [1.82, 2.24) is 15.6 Å². The normalized spacial score (nSPS) is 25.9. The smallest absolute Gasteiger partial charge is 0.0937 e. The first-order valence-electron chi connectivity index (χ1n) is 5.69. The average molecular weight is 225 g/mol. The lowest BCUT2D eigenvalue weighted by molar-refractivity contribution is 0.450. The van der Waals surface area contributed by atoms with E-state index in [9.17, 15) is 0 Å². The first-order chi connectivity index (χ1) is 7.36. The van der Waals surface area contributed by atoms with Crippen LogP contribution in [0.1, 0.15) is 18.4 Å². The van der Waals surface area contributed by atoms with Crippen molar-refractivity contribution >= 4 is 11.3 Å². The standard InChI is InChI=1S/C11H19N3S/c1-9-2-5-13-10(9)8-12-4-3-11-14-6-7-15-11/h6-7,9-10,12-13H,2-5,8H2,1H3. The molecule has 3 nitrogen and oxygen atoms in total. The Labute approximate surface area is 95.3 Å². The van der Waals surface area contributed by atoms with Gasteiger partial charge in [-0.15, -0.1) is 11.3 Å². The summed E-state index contributed by atoms with van der Waals surface area (Å²) in [5.41, 5.74) is 0.